The van der Waals surface area contributed by atoms with Gasteiger partial charge in [-0.25, -0.2) is 4.68 Å². The largest absolute Gasteiger partial charge is 0.344 e. The van der Waals surface area contributed by atoms with Gasteiger partial charge in [0, 0.05) is 32.1 Å². The lowest BCUT2D eigenvalue weighted by Gasteiger charge is -2.13. The lowest BCUT2D eigenvalue weighted by atomic mass is 10.2. The number of nitrogens with one attached hydrogen (secondary N) is 3. The van der Waals surface area contributed by atoms with Crippen molar-refractivity contribution in [2.45, 2.75) is 6.54 Å². The Morgan fingerprint density at radius 3 is 2.21 bits per heavy atom. The number of carbonyl (C=O) groups is 3. The maximum Gasteiger partial charge on any atom is 0.328 e. The highest BCUT2D eigenvalue weighted by molar-refractivity contribution is 9.10. The number of anilines is 1. The molecule has 4 rings (SSSR count). The number of fused-ring (bicyclic) bond motifs is 1. The molecule has 0 saturated heterocycles. The fraction of sp³-hybridized carbons (Fsp3) is 0.0417. The van der Waals surface area contributed by atoms with Crippen LogP contribution in [-0.4, -0.2) is 22.4 Å². The third-order valence-corrected chi connectivity index (χ3v) is 5.90. The number of nitrogens with zero attached hydrogens (tertiary/aromatic N) is 1. The van der Waals surface area contributed by atoms with Crippen LogP contribution in [0.15, 0.2) is 77.3 Å². The van der Waals surface area contributed by atoms with Crippen molar-refractivity contribution in [2.75, 3.05) is 10.7 Å². The normalized spacial score (nSPS) is 10.7. The van der Waals surface area contributed by atoms with Crippen molar-refractivity contribution in [3.05, 3.63) is 98.6 Å². The van der Waals surface area contributed by atoms with E-state index in [2.05, 4.69) is 32.0 Å². The molecule has 0 aliphatic heterocycles. The van der Waals surface area contributed by atoms with Gasteiger partial charge in [0.1, 0.15) is 5.69 Å². The summed E-state index contributed by atoms with van der Waals surface area (Å²) in [6.07, 6.45) is 0. The van der Waals surface area contributed by atoms with Crippen LogP contribution < -0.4 is 16.1 Å². The lowest BCUT2D eigenvalue weighted by Crippen LogP contribution is -2.39. The van der Waals surface area contributed by atoms with Gasteiger partial charge in [-0.15, -0.1) is 0 Å². The molecule has 3 N–H and O–H groups in total. The molecule has 0 atom stereocenters. The monoisotopic (exact) mass is 558 g/mol. The summed E-state index contributed by atoms with van der Waals surface area (Å²) in [7, 11) is 0. The van der Waals surface area contributed by atoms with Crippen molar-refractivity contribution in [3.63, 3.8) is 0 Å². The minimum atomic E-state index is -0.931. The summed E-state index contributed by atoms with van der Waals surface area (Å²) in [5.41, 5.74) is 4.48. The molecule has 7 nitrogen and oxygen atoms in total. The fourth-order valence-corrected chi connectivity index (χ4v) is 3.79. The highest BCUT2D eigenvalue weighted by Gasteiger charge is 2.21. The Morgan fingerprint density at radius 1 is 0.824 bits per heavy atom. The average Bonchev–Trinajstić information content (AvgIpc) is 3.17. The SMILES string of the molecule is O=C(NCc1ccc(Cl)cc1)C(=O)Nn1c(C(=O)Nc2ccc(Br)cc2)cc2cc(Cl)ccc21. The maximum absolute atomic E-state index is 13.0. The Kier molecular flexibility index (Phi) is 7.21. The summed E-state index contributed by atoms with van der Waals surface area (Å²) in [6, 6.07) is 20.4. The highest BCUT2D eigenvalue weighted by Crippen LogP contribution is 2.24. The predicted molar refractivity (Wildman–Crippen MR) is 137 cm³/mol. The van der Waals surface area contributed by atoms with Crippen LogP contribution >= 0.6 is 39.1 Å². The molecule has 0 radical (unpaired) electrons. The first-order valence-corrected chi connectivity index (χ1v) is 11.6. The molecule has 0 unspecified atom stereocenters. The van der Waals surface area contributed by atoms with Crippen molar-refractivity contribution in [3.8, 4) is 0 Å². The first-order chi connectivity index (χ1) is 16.3. The Morgan fingerprint density at radius 2 is 1.50 bits per heavy atom. The quantitative estimate of drug-likeness (QED) is 0.288. The van der Waals surface area contributed by atoms with E-state index in [1.165, 1.54) is 4.68 Å². The second-order valence-corrected chi connectivity index (χ2v) is 9.07. The zero-order valence-corrected chi connectivity index (χ0v) is 20.5. The molecule has 0 saturated carbocycles. The van der Waals surface area contributed by atoms with E-state index in [-0.39, 0.29) is 12.2 Å². The molecule has 10 heteroatoms. The number of hydrogen-bond acceptors (Lipinski definition) is 3. The van der Waals surface area contributed by atoms with Gasteiger partial charge in [-0.1, -0.05) is 51.3 Å². The van der Waals surface area contributed by atoms with Crippen LogP contribution in [0.2, 0.25) is 10.0 Å². The van der Waals surface area contributed by atoms with Crippen LogP contribution in [0.3, 0.4) is 0 Å². The first kappa shape index (κ1) is 23.8. The van der Waals surface area contributed by atoms with Gasteiger partial charge >= 0.3 is 11.8 Å². The van der Waals surface area contributed by atoms with Crippen LogP contribution in [-0.2, 0) is 16.1 Å². The molecular weight excluding hydrogens is 543 g/mol. The molecule has 4 aromatic rings. The van der Waals surface area contributed by atoms with E-state index in [4.69, 9.17) is 23.2 Å². The van der Waals surface area contributed by atoms with Crippen molar-refractivity contribution in [1.29, 1.82) is 0 Å². The van der Waals surface area contributed by atoms with E-state index in [0.29, 0.717) is 26.6 Å². The average molecular weight is 560 g/mol. The number of amides is 3. The summed E-state index contributed by atoms with van der Waals surface area (Å²) in [5, 5.41) is 6.99. The molecule has 1 aromatic heterocycles. The predicted octanol–water partition coefficient (Wildman–Crippen LogP) is 5.35. The standard InChI is InChI=1S/C24H17BrCl2N4O3/c25-16-3-8-19(9-4-16)29-22(32)21-12-15-11-18(27)7-10-20(15)31(21)30-24(34)23(33)28-13-14-1-5-17(26)6-2-14/h1-12H,13H2,(H,28,33)(H,29,32)(H,30,34). The molecule has 3 amide bonds. The van der Waals surface area contributed by atoms with E-state index in [0.717, 1.165) is 10.0 Å². The Bertz CT molecular complexity index is 1390. The van der Waals surface area contributed by atoms with Crippen LogP contribution in [0.1, 0.15) is 16.1 Å². The molecule has 0 spiro atoms. The zero-order chi connectivity index (χ0) is 24.2. The van der Waals surface area contributed by atoms with Crippen molar-refractivity contribution in [1.82, 2.24) is 9.99 Å². The van der Waals surface area contributed by atoms with Crippen LogP contribution in [0.25, 0.3) is 10.9 Å². The summed E-state index contributed by atoms with van der Waals surface area (Å²) in [6.45, 7) is 0.141. The van der Waals surface area contributed by atoms with E-state index in [1.807, 2.05) is 0 Å². The van der Waals surface area contributed by atoms with Crippen molar-refractivity contribution < 1.29 is 14.4 Å². The molecule has 3 aromatic carbocycles. The molecule has 0 bridgehead atoms. The van der Waals surface area contributed by atoms with Crippen molar-refractivity contribution in [2.24, 2.45) is 0 Å². The smallest absolute Gasteiger partial charge is 0.328 e. The second kappa shape index (κ2) is 10.3. The molecule has 172 valence electrons. The number of aromatic nitrogens is 1. The minimum absolute atomic E-state index is 0.124. The fourth-order valence-electron chi connectivity index (χ4n) is 3.22. The third-order valence-electron chi connectivity index (χ3n) is 4.88. The number of hydrogen-bond donors (Lipinski definition) is 3. The van der Waals surface area contributed by atoms with E-state index in [1.54, 1.807) is 72.8 Å². The molecular formula is C24H17BrCl2N4O3. The molecule has 34 heavy (non-hydrogen) atoms. The maximum atomic E-state index is 13.0. The molecule has 1 heterocycles. The van der Waals surface area contributed by atoms with Crippen molar-refractivity contribution >= 4 is 73.4 Å². The minimum Gasteiger partial charge on any atom is -0.344 e. The summed E-state index contributed by atoms with van der Waals surface area (Å²) < 4.78 is 2.13. The van der Waals surface area contributed by atoms with Gasteiger partial charge in [-0.2, -0.15) is 0 Å². The highest BCUT2D eigenvalue weighted by atomic mass is 79.9. The van der Waals surface area contributed by atoms with E-state index in [9.17, 15) is 14.4 Å². The molecule has 0 aliphatic rings. The second-order valence-electron chi connectivity index (χ2n) is 7.28. The molecule has 0 aliphatic carbocycles. The van der Waals surface area contributed by atoms with Gasteiger partial charge in [0.2, 0.25) is 0 Å². The topological polar surface area (TPSA) is 92.2 Å². The zero-order valence-electron chi connectivity index (χ0n) is 17.4. The number of benzene rings is 3. The summed E-state index contributed by atoms with van der Waals surface area (Å²) in [5.74, 6) is -2.26. The molecule has 0 fully saturated rings. The summed E-state index contributed by atoms with van der Waals surface area (Å²) in [4.78, 5) is 38.1. The van der Waals surface area contributed by atoms with Gasteiger partial charge in [0.05, 0.1) is 5.52 Å². The van der Waals surface area contributed by atoms with E-state index >= 15 is 0 Å². The van der Waals surface area contributed by atoms with E-state index < -0.39 is 17.7 Å². The van der Waals surface area contributed by atoms with Crippen LogP contribution in [0.4, 0.5) is 5.69 Å². The lowest BCUT2D eigenvalue weighted by molar-refractivity contribution is -0.136. The first-order valence-electron chi connectivity index (χ1n) is 10.0. The van der Waals surface area contributed by atoms with Gasteiger partial charge in [0.25, 0.3) is 5.91 Å². The van der Waals surface area contributed by atoms with Gasteiger partial charge < -0.3 is 10.6 Å². The van der Waals surface area contributed by atoms with Gasteiger partial charge in [-0.3, -0.25) is 19.8 Å². The van der Waals surface area contributed by atoms with Gasteiger partial charge in [0.15, 0.2) is 0 Å². The van der Waals surface area contributed by atoms with Crippen LogP contribution in [0, 0.1) is 0 Å². The Hall–Kier alpha value is -3.33. The van der Waals surface area contributed by atoms with Crippen LogP contribution in [0.5, 0.6) is 0 Å². The third kappa shape index (κ3) is 5.59. The Labute approximate surface area is 213 Å². The number of carbonyl (C=O) groups excluding carboxylic acids is 3. The number of rotatable bonds is 5. The Balaban J connectivity index is 1.55. The summed E-state index contributed by atoms with van der Waals surface area (Å²) >= 11 is 15.3. The van der Waals surface area contributed by atoms with Gasteiger partial charge in [-0.05, 0) is 66.2 Å². The number of halogens is 3.